The second kappa shape index (κ2) is 9.03. The number of carbonyl (C=O) groups excluding carboxylic acids is 2. The first-order valence-corrected chi connectivity index (χ1v) is 9.23. The monoisotopic (exact) mass is 362 g/mol. The second-order valence-electron chi connectivity index (χ2n) is 7.56. The molecule has 1 amide bonds. The van der Waals surface area contributed by atoms with Crippen molar-refractivity contribution in [2.45, 2.75) is 58.9 Å². The van der Waals surface area contributed by atoms with Crippen molar-refractivity contribution < 1.29 is 19.1 Å². The Morgan fingerprint density at radius 2 is 1.92 bits per heavy atom. The summed E-state index contributed by atoms with van der Waals surface area (Å²) in [6.07, 6.45) is 0.525. The number of esters is 1. The maximum Gasteiger partial charge on any atom is 0.411 e. The number of amides is 1. The highest BCUT2D eigenvalue weighted by atomic mass is 16.6. The van der Waals surface area contributed by atoms with E-state index in [1.807, 2.05) is 58.0 Å². The molecule has 0 aromatic heterocycles. The highest BCUT2D eigenvalue weighted by molar-refractivity contribution is 5.74. The van der Waals surface area contributed by atoms with Crippen LogP contribution in [0.25, 0.3) is 0 Å². The van der Waals surface area contributed by atoms with Gasteiger partial charge in [0, 0.05) is 6.54 Å². The average molecular weight is 362 g/mol. The van der Waals surface area contributed by atoms with Crippen LogP contribution in [0, 0.1) is 5.92 Å². The molecule has 1 aromatic carbocycles. The minimum Gasteiger partial charge on any atom is -0.460 e. The first-order valence-electron chi connectivity index (χ1n) is 9.23. The normalized spacial score (nSPS) is 20.5. The van der Waals surface area contributed by atoms with Gasteiger partial charge in [-0.3, -0.25) is 15.0 Å². The van der Waals surface area contributed by atoms with Gasteiger partial charge >= 0.3 is 12.1 Å². The molecule has 1 fully saturated rings. The molecule has 1 saturated heterocycles. The van der Waals surface area contributed by atoms with Gasteiger partial charge in [0.05, 0.1) is 12.1 Å². The second-order valence-corrected chi connectivity index (χ2v) is 7.56. The number of rotatable bonds is 5. The van der Waals surface area contributed by atoms with E-state index in [2.05, 4.69) is 5.32 Å². The van der Waals surface area contributed by atoms with Gasteiger partial charge in [-0.1, -0.05) is 37.3 Å². The van der Waals surface area contributed by atoms with Crippen LogP contribution < -0.4 is 5.32 Å². The number of hydrogen-bond donors (Lipinski definition) is 1. The van der Waals surface area contributed by atoms with Crippen LogP contribution in [-0.2, 0) is 20.9 Å². The molecule has 2 rings (SSSR count). The van der Waals surface area contributed by atoms with Crippen molar-refractivity contribution in [1.82, 2.24) is 10.2 Å². The zero-order valence-electron chi connectivity index (χ0n) is 16.2. The molecule has 1 aromatic rings. The quantitative estimate of drug-likeness (QED) is 0.814. The summed E-state index contributed by atoms with van der Waals surface area (Å²) in [6, 6.07) is 9.59. The van der Waals surface area contributed by atoms with Gasteiger partial charge in [0.25, 0.3) is 0 Å². The lowest BCUT2D eigenvalue weighted by Gasteiger charge is -2.38. The maximum absolute atomic E-state index is 12.5. The molecule has 0 saturated carbocycles. The molecular formula is C20H30N2O4. The molecule has 144 valence electrons. The SMILES string of the molecule is CCNC1CC(C(=O)OC(C)(C)C)CCN1C(=O)OCc1ccccc1. The van der Waals surface area contributed by atoms with Crippen molar-refractivity contribution in [3.8, 4) is 0 Å². The maximum atomic E-state index is 12.5. The highest BCUT2D eigenvalue weighted by Gasteiger charge is 2.37. The molecule has 2 unspecified atom stereocenters. The minimum absolute atomic E-state index is 0.197. The molecule has 26 heavy (non-hydrogen) atoms. The summed E-state index contributed by atoms with van der Waals surface area (Å²) < 4.78 is 11.0. The fraction of sp³-hybridized carbons (Fsp3) is 0.600. The summed E-state index contributed by atoms with van der Waals surface area (Å²) in [7, 11) is 0. The van der Waals surface area contributed by atoms with E-state index in [-0.39, 0.29) is 30.8 Å². The van der Waals surface area contributed by atoms with Crippen LogP contribution in [0.2, 0.25) is 0 Å². The van der Waals surface area contributed by atoms with E-state index in [1.165, 1.54) is 0 Å². The Balaban J connectivity index is 1.94. The summed E-state index contributed by atoms with van der Waals surface area (Å²) in [5, 5.41) is 3.28. The molecule has 0 aliphatic carbocycles. The molecule has 1 N–H and O–H groups in total. The number of carbonyl (C=O) groups is 2. The Bertz CT molecular complexity index is 598. The smallest absolute Gasteiger partial charge is 0.411 e. The summed E-state index contributed by atoms with van der Waals surface area (Å²) in [5.74, 6) is -0.408. The fourth-order valence-corrected chi connectivity index (χ4v) is 3.01. The van der Waals surface area contributed by atoms with Crippen molar-refractivity contribution >= 4 is 12.1 Å². The first kappa shape index (κ1) is 20.2. The van der Waals surface area contributed by atoms with Crippen molar-refractivity contribution in [3.05, 3.63) is 35.9 Å². The van der Waals surface area contributed by atoms with Gasteiger partial charge in [-0.15, -0.1) is 0 Å². The number of hydrogen-bond acceptors (Lipinski definition) is 5. The minimum atomic E-state index is -0.503. The average Bonchev–Trinajstić information content (AvgIpc) is 2.59. The van der Waals surface area contributed by atoms with Gasteiger partial charge in [0.15, 0.2) is 0 Å². The van der Waals surface area contributed by atoms with E-state index in [1.54, 1.807) is 4.90 Å². The molecule has 0 radical (unpaired) electrons. The van der Waals surface area contributed by atoms with E-state index in [0.717, 1.165) is 5.56 Å². The predicted octanol–water partition coefficient (Wildman–Crippen LogP) is 3.31. The zero-order valence-corrected chi connectivity index (χ0v) is 16.2. The van der Waals surface area contributed by atoms with E-state index in [9.17, 15) is 9.59 Å². The van der Waals surface area contributed by atoms with Crippen molar-refractivity contribution in [2.75, 3.05) is 13.1 Å². The highest BCUT2D eigenvalue weighted by Crippen LogP contribution is 2.25. The zero-order chi connectivity index (χ0) is 19.2. The summed E-state index contributed by atoms with van der Waals surface area (Å²) in [4.78, 5) is 26.5. The van der Waals surface area contributed by atoms with Crippen molar-refractivity contribution in [2.24, 2.45) is 5.92 Å². The first-order chi connectivity index (χ1) is 12.3. The van der Waals surface area contributed by atoms with E-state index in [0.29, 0.717) is 25.9 Å². The van der Waals surface area contributed by atoms with Crippen LogP contribution in [0.5, 0.6) is 0 Å². The summed E-state index contributed by atoms with van der Waals surface area (Å²) in [6.45, 7) is 8.98. The van der Waals surface area contributed by atoms with E-state index >= 15 is 0 Å². The number of nitrogens with zero attached hydrogens (tertiary/aromatic N) is 1. The fourth-order valence-electron chi connectivity index (χ4n) is 3.01. The lowest BCUT2D eigenvalue weighted by Crippen LogP contribution is -2.54. The molecule has 2 atom stereocenters. The van der Waals surface area contributed by atoms with Crippen LogP contribution in [0.1, 0.15) is 46.1 Å². The van der Waals surface area contributed by atoms with E-state index < -0.39 is 5.60 Å². The molecule has 6 nitrogen and oxygen atoms in total. The number of nitrogens with one attached hydrogen (secondary N) is 1. The van der Waals surface area contributed by atoms with Crippen molar-refractivity contribution in [1.29, 1.82) is 0 Å². The lowest BCUT2D eigenvalue weighted by molar-refractivity contribution is -0.162. The number of piperidine rings is 1. The molecule has 1 aliphatic heterocycles. The summed E-state index contributed by atoms with van der Waals surface area (Å²) >= 11 is 0. The molecule has 0 bridgehead atoms. The largest absolute Gasteiger partial charge is 0.460 e. The lowest BCUT2D eigenvalue weighted by atomic mass is 9.94. The standard InChI is InChI=1S/C20H30N2O4/c1-5-21-17-13-16(18(23)26-20(2,3)4)11-12-22(17)19(24)25-14-15-9-7-6-8-10-15/h6-10,16-17,21H,5,11-14H2,1-4H3. The Kier molecular flexibility index (Phi) is 7.03. The van der Waals surface area contributed by atoms with Crippen LogP contribution in [0.3, 0.4) is 0 Å². The van der Waals surface area contributed by atoms with Crippen LogP contribution in [0.15, 0.2) is 30.3 Å². The number of ether oxygens (including phenoxy) is 2. The van der Waals surface area contributed by atoms with Crippen LogP contribution >= 0.6 is 0 Å². The van der Waals surface area contributed by atoms with Crippen LogP contribution in [-0.4, -0.2) is 41.8 Å². The molecule has 1 heterocycles. The topological polar surface area (TPSA) is 67.9 Å². The predicted molar refractivity (Wildman–Crippen MR) is 99.4 cm³/mol. The van der Waals surface area contributed by atoms with E-state index in [4.69, 9.17) is 9.47 Å². The molecule has 0 spiro atoms. The van der Waals surface area contributed by atoms with Gasteiger partial charge in [0.1, 0.15) is 12.2 Å². The van der Waals surface area contributed by atoms with Gasteiger partial charge in [-0.2, -0.15) is 0 Å². The Morgan fingerprint density at radius 1 is 1.23 bits per heavy atom. The van der Waals surface area contributed by atoms with Gasteiger partial charge in [-0.05, 0) is 45.7 Å². The van der Waals surface area contributed by atoms with Gasteiger partial charge < -0.3 is 9.47 Å². The van der Waals surface area contributed by atoms with Gasteiger partial charge in [0.2, 0.25) is 0 Å². The molecular weight excluding hydrogens is 332 g/mol. The Morgan fingerprint density at radius 3 is 2.54 bits per heavy atom. The van der Waals surface area contributed by atoms with Crippen molar-refractivity contribution in [3.63, 3.8) is 0 Å². The number of benzene rings is 1. The third kappa shape index (κ3) is 6.02. The van der Waals surface area contributed by atoms with Crippen LogP contribution in [0.4, 0.5) is 4.79 Å². The Labute approximate surface area is 155 Å². The summed E-state index contributed by atoms with van der Waals surface area (Å²) in [5.41, 5.74) is 0.445. The van der Waals surface area contributed by atoms with Gasteiger partial charge in [-0.25, -0.2) is 4.79 Å². The third-order valence-electron chi connectivity index (χ3n) is 4.22. The molecule has 6 heteroatoms. The number of likely N-dealkylation sites (tertiary alicyclic amines) is 1. The molecule has 1 aliphatic rings. The third-order valence-corrected chi connectivity index (χ3v) is 4.22. The Hall–Kier alpha value is -2.08.